The van der Waals surface area contributed by atoms with E-state index in [-0.39, 0.29) is 12.5 Å². The van der Waals surface area contributed by atoms with Gasteiger partial charge < -0.3 is 4.74 Å². The van der Waals surface area contributed by atoms with Crippen LogP contribution in [0.15, 0.2) is 18.2 Å². The van der Waals surface area contributed by atoms with Gasteiger partial charge in [0.25, 0.3) is 5.91 Å². The topological polar surface area (TPSA) is 64.1 Å². The van der Waals surface area contributed by atoms with E-state index in [9.17, 15) is 4.79 Å². The number of nitrogens with zero attached hydrogens (tertiary/aromatic N) is 2. The first-order valence-electron chi connectivity index (χ1n) is 6.79. The largest absolute Gasteiger partial charge is 0.483 e. The Morgan fingerprint density at radius 1 is 1.33 bits per heavy atom. The molecule has 0 atom stereocenters. The maximum Gasteiger partial charge on any atom is 0.264 e. The van der Waals surface area contributed by atoms with Gasteiger partial charge in [-0.1, -0.05) is 37.3 Å². The van der Waals surface area contributed by atoms with Crippen LogP contribution in [0.3, 0.4) is 0 Å². The molecule has 0 aliphatic rings. The smallest absolute Gasteiger partial charge is 0.264 e. The molecule has 1 aromatic carbocycles. The summed E-state index contributed by atoms with van der Waals surface area (Å²) in [5, 5.41) is 11.7. The Hall–Kier alpha value is -1.95. The maximum absolute atomic E-state index is 11.9. The van der Waals surface area contributed by atoms with E-state index >= 15 is 0 Å². The lowest BCUT2D eigenvalue weighted by Gasteiger charge is -2.14. The van der Waals surface area contributed by atoms with E-state index < -0.39 is 0 Å². The van der Waals surface area contributed by atoms with E-state index in [0.29, 0.717) is 11.0 Å². The van der Waals surface area contributed by atoms with Gasteiger partial charge in [-0.25, -0.2) is 0 Å². The lowest BCUT2D eigenvalue weighted by Crippen LogP contribution is -2.20. The SMILES string of the molecule is Cc1ccc(C(C)C)c(OCC(=O)Nc2nnc(C)s2)c1. The summed E-state index contributed by atoms with van der Waals surface area (Å²) in [5.41, 5.74) is 2.20. The van der Waals surface area contributed by atoms with Crippen LogP contribution in [-0.2, 0) is 4.79 Å². The molecule has 2 aromatic rings. The normalized spacial score (nSPS) is 10.7. The number of carbonyl (C=O) groups is 1. The highest BCUT2D eigenvalue weighted by Gasteiger charge is 2.11. The summed E-state index contributed by atoms with van der Waals surface area (Å²) in [6, 6.07) is 6.05. The van der Waals surface area contributed by atoms with E-state index in [4.69, 9.17) is 4.74 Å². The highest BCUT2D eigenvalue weighted by Crippen LogP contribution is 2.27. The quantitative estimate of drug-likeness (QED) is 0.920. The summed E-state index contributed by atoms with van der Waals surface area (Å²) < 4.78 is 5.66. The average Bonchev–Trinajstić information content (AvgIpc) is 2.81. The summed E-state index contributed by atoms with van der Waals surface area (Å²) in [6.45, 7) is 8.00. The molecule has 0 aliphatic heterocycles. The molecule has 0 radical (unpaired) electrons. The van der Waals surface area contributed by atoms with Crippen LogP contribution in [0.25, 0.3) is 0 Å². The zero-order chi connectivity index (χ0) is 15.4. The fourth-order valence-electron chi connectivity index (χ4n) is 1.89. The molecular weight excluding hydrogens is 286 g/mol. The molecule has 5 nitrogen and oxygen atoms in total. The van der Waals surface area contributed by atoms with Crippen LogP contribution in [-0.4, -0.2) is 22.7 Å². The first-order chi connectivity index (χ1) is 9.95. The van der Waals surface area contributed by atoms with Crippen molar-refractivity contribution in [3.63, 3.8) is 0 Å². The maximum atomic E-state index is 11.9. The first kappa shape index (κ1) is 15.4. The second-order valence-corrected chi connectivity index (χ2v) is 6.34. The van der Waals surface area contributed by atoms with Crippen molar-refractivity contribution in [1.29, 1.82) is 0 Å². The zero-order valence-electron chi connectivity index (χ0n) is 12.6. The lowest BCUT2D eigenvalue weighted by molar-refractivity contribution is -0.118. The first-order valence-corrected chi connectivity index (χ1v) is 7.60. The summed E-state index contributed by atoms with van der Waals surface area (Å²) in [7, 11) is 0. The number of carbonyl (C=O) groups excluding carboxylic acids is 1. The number of hydrogen-bond acceptors (Lipinski definition) is 5. The number of hydrogen-bond donors (Lipinski definition) is 1. The minimum atomic E-state index is -0.234. The third-order valence-electron chi connectivity index (χ3n) is 2.92. The van der Waals surface area contributed by atoms with Crippen LogP contribution in [0.2, 0.25) is 0 Å². The number of anilines is 1. The van der Waals surface area contributed by atoms with E-state index in [1.165, 1.54) is 11.3 Å². The lowest BCUT2D eigenvalue weighted by atomic mass is 10.0. The predicted molar refractivity (Wildman–Crippen MR) is 84.0 cm³/mol. The van der Waals surface area contributed by atoms with Gasteiger partial charge in [-0.3, -0.25) is 10.1 Å². The van der Waals surface area contributed by atoms with E-state index in [1.54, 1.807) is 0 Å². The van der Waals surface area contributed by atoms with Gasteiger partial charge in [0.2, 0.25) is 5.13 Å². The number of aryl methyl sites for hydroxylation is 2. The summed E-state index contributed by atoms with van der Waals surface area (Å²) in [4.78, 5) is 11.9. The van der Waals surface area contributed by atoms with Gasteiger partial charge in [0.05, 0.1) is 0 Å². The number of rotatable bonds is 5. The Morgan fingerprint density at radius 3 is 2.71 bits per heavy atom. The third-order valence-corrected chi connectivity index (χ3v) is 3.68. The van der Waals surface area contributed by atoms with Crippen LogP contribution >= 0.6 is 11.3 Å². The average molecular weight is 305 g/mol. The predicted octanol–water partition coefficient (Wildman–Crippen LogP) is 3.30. The van der Waals surface area contributed by atoms with Gasteiger partial charge in [-0.15, -0.1) is 10.2 Å². The van der Waals surface area contributed by atoms with Crippen LogP contribution in [0.4, 0.5) is 5.13 Å². The minimum Gasteiger partial charge on any atom is -0.483 e. The Balaban J connectivity index is 1.99. The van der Waals surface area contributed by atoms with Gasteiger partial charge in [0.1, 0.15) is 10.8 Å². The van der Waals surface area contributed by atoms with Gasteiger partial charge in [-0.2, -0.15) is 0 Å². The van der Waals surface area contributed by atoms with Crippen molar-refractivity contribution >= 4 is 22.4 Å². The van der Waals surface area contributed by atoms with Gasteiger partial charge in [0.15, 0.2) is 6.61 Å². The zero-order valence-corrected chi connectivity index (χ0v) is 13.5. The summed E-state index contributed by atoms with van der Waals surface area (Å²) >= 11 is 1.34. The standard InChI is InChI=1S/C15H19N3O2S/c1-9(2)12-6-5-10(3)7-13(12)20-8-14(19)16-15-18-17-11(4)21-15/h5-7,9H,8H2,1-4H3,(H,16,18,19). The Kier molecular flexibility index (Phi) is 4.90. The highest BCUT2D eigenvalue weighted by atomic mass is 32.1. The van der Waals surface area contributed by atoms with Crippen molar-refractivity contribution in [1.82, 2.24) is 10.2 Å². The summed E-state index contributed by atoms with van der Waals surface area (Å²) in [6.07, 6.45) is 0. The fourth-order valence-corrected chi connectivity index (χ4v) is 2.50. The molecule has 0 bridgehead atoms. The molecule has 0 saturated heterocycles. The Labute approximate surface area is 128 Å². The van der Waals surface area contributed by atoms with E-state index in [2.05, 4.69) is 29.4 Å². The molecule has 112 valence electrons. The Morgan fingerprint density at radius 2 is 2.10 bits per heavy atom. The number of nitrogens with one attached hydrogen (secondary N) is 1. The molecule has 21 heavy (non-hydrogen) atoms. The van der Waals surface area contributed by atoms with Gasteiger partial charge in [0, 0.05) is 0 Å². The molecule has 0 fully saturated rings. The number of aromatic nitrogens is 2. The van der Waals surface area contributed by atoms with Crippen molar-refractivity contribution in [2.45, 2.75) is 33.6 Å². The molecule has 6 heteroatoms. The number of ether oxygens (including phenoxy) is 1. The summed E-state index contributed by atoms with van der Waals surface area (Å²) in [5.74, 6) is 0.866. The van der Waals surface area contributed by atoms with E-state index in [1.807, 2.05) is 32.0 Å². The second-order valence-electron chi connectivity index (χ2n) is 5.16. The molecular formula is C15H19N3O2S. The fraction of sp³-hybridized carbons (Fsp3) is 0.400. The molecule has 1 aromatic heterocycles. The van der Waals surface area contributed by atoms with Crippen LogP contribution in [0.1, 0.15) is 35.9 Å². The van der Waals surface area contributed by atoms with Gasteiger partial charge in [-0.05, 0) is 37.0 Å². The monoisotopic (exact) mass is 305 g/mol. The molecule has 0 unspecified atom stereocenters. The second kappa shape index (κ2) is 6.67. The number of amides is 1. The van der Waals surface area contributed by atoms with Crippen molar-refractivity contribution in [2.24, 2.45) is 0 Å². The minimum absolute atomic E-state index is 0.0399. The highest BCUT2D eigenvalue weighted by molar-refractivity contribution is 7.15. The molecule has 0 spiro atoms. The number of benzene rings is 1. The van der Waals surface area contributed by atoms with Crippen LogP contribution < -0.4 is 10.1 Å². The Bertz CT molecular complexity index is 638. The molecule has 2 rings (SSSR count). The van der Waals surface area contributed by atoms with Crippen molar-refractivity contribution in [3.8, 4) is 5.75 Å². The molecule has 0 saturated carbocycles. The van der Waals surface area contributed by atoms with Crippen molar-refractivity contribution in [3.05, 3.63) is 34.3 Å². The van der Waals surface area contributed by atoms with E-state index in [0.717, 1.165) is 21.9 Å². The van der Waals surface area contributed by atoms with Crippen molar-refractivity contribution in [2.75, 3.05) is 11.9 Å². The van der Waals surface area contributed by atoms with Crippen LogP contribution in [0, 0.1) is 13.8 Å². The molecule has 1 heterocycles. The molecule has 0 aliphatic carbocycles. The molecule has 1 amide bonds. The van der Waals surface area contributed by atoms with Gasteiger partial charge >= 0.3 is 0 Å². The molecule has 1 N–H and O–H groups in total. The third kappa shape index (κ3) is 4.26. The van der Waals surface area contributed by atoms with Crippen molar-refractivity contribution < 1.29 is 9.53 Å². The van der Waals surface area contributed by atoms with Crippen LogP contribution in [0.5, 0.6) is 5.75 Å².